The van der Waals surface area contributed by atoms with Gasteiger partial charge in [0.2, 0.25) is 0 Å². The summed E-state index contributed by atoms with van der Waals surface area (Å²) in [5.74, 6) is 0.689. The number of rotatable bonds is 5. The molecule has 4 aromatic rings. The van der Waals surface area contributed by atoms with E-state index in [0.29, 0.717) is 17.9 Å². The molecule has 0 aliphatic rings. The molecule has 1 aromatic carbocycles. The predicted octanol–water partition coefficient (Wildman–Crippen LogP) is 5.83. The molecule has 0 radical (unpaired) electrons. The van der Waals surface area contributed by atoms with E-state index in [2.05, 4.69) is 37.4 Å². The van der Waals surface area contributed by atoms with Gasteiger partial charge in [0.25, 0.3) is 0 Å². The third-order valence-electron chi connectivity index (χ3n) is 5.17. The maximum atomic E-state index is 9.21. The molecule has 0 amide bonds. The Balaban J connectivity index is 1.53. The van der Waals surface area contributed by atoms with Gasteiger partial charge in [-0.25, -0.2) is 9.97 Å². The van der Waals surface area contributed by atoms with Gasteiger partial charge in [-0.2, -0.15) is 5.26 Å². The molecule has 0 atom stereocenters. The number of hydrogen-bond donors (Lipinski definition) is 1. The number of aryl methyl sites for hydroxylation is 2. The van der Waals surface area contributed by atoms with Gasteiger partial charge in [-0.1, -0.05) is 30.3 Å². The lowest BCUT2D eigenvalue weighted by molar-refractivity contribution is 1.07. The summed E-state index contributed by atoms with van der Waals surface area (Å²) in [6.45, 7) is 4.47. The van der Waals surface area contributed by atoms with E-state index >= 15 is 0 Å². The Hall–Kier alpha value is -4.63. The molecule has 1 N–H and O–H groups in total. The van der Waals surface area contributed by atoms with Crippen LogP contribution in [0, 0.1) is 25.2 Å². The highest BCUT2D eigenvalue weighted by Crippen LogP contribution is 2.20. The topological polar surface area (TPSA) is 87.4 Å². The van der Waals surface area contributed by atoms with Crippen LogP contribution in [0.1, 0.15) is 22.5 Å². The van der Waals surface area contributed by atoms with Crippen molar-refractivity contribution in [2.75, 3.05) is 5.32 Å². The second-order valence-corrected chi connectivity index (χ2v) is 7.81. The first-order valence-electron chi connectivity index (χ1n) is 10.9. The molecule has 0 fully saturated rings. The number of hydrogen-bond acceptors (Lipinski definition) is 6. The number of nitrogens with zero attached hydrogens (tertiary/aromatic N) is 5. The minimum atomic E-state index is 0.579. The quantitative estimate of drug-likeness (QED) is 0.417. The van der Waals surface area contributed by atoms with Crippen molar-refractivity contribution < 1.29 is 0 Å². The van der Waals surface area contributed by atoms with E-state index in [4.69, 9.17) is 0 Å². The number of pyridine rings is 2. The SMILES string of the molecule is Cc1cc(-c2cccc(C#N)c2)cccc(NCc2ccc(-c3ccnc(C)c3)nc2)ncn1. The Kier molecular flexibility index (Phi) is 7.16. The molecule has 0 saturated carbocycles. The molecule has 4 rings (SSSR count). The van der Waals surface area contributed by atoms with Gasteiger partial charge in [0.15, 0.2) is 0 Å². The Bertz CT molecular complexity index is 1390. The van der Waals surface area contributed by atoms with E-state index in [1.54, 1.807) is 18.6 Å². The standard InChI is InChI=1S/C28H24N6/c1-20-14-26(11-12-30-20)27-10-9-23(17-31-27)18-32-28-8-4-7-24(13-21(2)33-19-34-28)25-6-3-5-22(15-25)16-29/h3-15,17,19H,18H2,1-2H3,(H,32,33,34). The summed E-state index contributed by atoms with van der Waals surface area (Å²) in [4.78, 5) is 17.7. The molecule has 0 aliphatic carbocycles. The van der Waals surface area contributed by atoms with Crippen molar-refractivity contribution in [1.29, 1.82) is 5.26 Å². The third-order valence-corrected chi connectivity index (χ3v) is 5.17. The Morgan fingerprint density at radius 1 is 0.765 bits per heavy atom. The van der Waals surface area contributed by atoms with E-state index in [9.17, 15) is 5.26 Å². The van der Waals surface area contributed by atoms with Gasteiger partial charge in [-0.15, -0.1) is 0 Å². The summed E-state index contributed by atoms with van der Waals surface area (Å²) in [6, 6.07) is 25.6. The van der Waals surface area contributed by atoms with Crippen LogP contribution in [-0.4, -0.2) is 19.9 Å². The number of benzene rings is 1. The molecule has 3 heterocycles. The number of nitrogens with one attached hydrogen (secondary N) is 1. The first-order valence-corrected chi connectivity index (χ1v) is 10.9. The van der Waals surface area contributed by atoms with Crippen molar-refractivity contribution in [2.45, 2.75) is 20.4 Å². The summed E-state index contributed by atoms with van der Waals surface area (Å²) in [5.41, 5.74) is 7.34. The van der Waals surface area contributed by atoms with Crippen molar-refractivity contribution in [1.82, 2.24) is 19.9 Å². The van der Waals surface area contributed by atoms with Crippen LogP contribution in [0.25, 0.3) is 22.4 Å². The van der Waals surface area contributed by atoms with Crippen LogP contribution in [-0.2, 0) is 6.54 Å². The van der Waals surface area contributed by atoms with Gasteiger partial charge in [-0.05, 0) is 73.0 Å². The molecule has 166 valence electrons. The fraction of sp³-hybridized carbons (Fsp3) is 0.107. The van der Waals surface area contributed by atoms with Crippen molar-refractivity contribution >= 4 is 5.82 Å². The molecule has 3 aromatic heterocycles. The zero-order valence-corrected chi connectivity index (χ0v) is 19.1. The lowest BCUT2D eigenvalue weighted by atomic mass is 10.0. The average Bonchev–Trinajstić information content (AvgIpc) is 2.86. The van der Waals surface area contributed by atoms with Crippen LogP contribution < -0.4 is 5.32 Å². The summed E-state index contributed by atoms with van der Waals surface area (Å²) in [5, 5.41) is 12.6. The number of aromatic nitrogens is 4. The van der Waals surface area contributed by atoms with Crippen molar-refractivity contribution in [3.63, 3.8) is 0 Å². The fourth-order valence-electron chi connectivity index (χ4n) is 3.43. The molecule has 0 bridgehead atoms. The Morgan fingerprint density at radius 2 is 1.53 bits per heavy atom. The Labute approximate surface area is 199 Å². The maximum absolute atomic E-state index is 9.21. The van der Waals surface area contributed by atoms with Crippen molar-refractivity contribution in [2.24, 2.45) is 0 Å². The average molecular weight is 445 g/mol. The second kappa shape index (κ2) is 10.8. The van der Waals surface area contributed by atoms with Gasteiger partial charge < -0.3 is 5.32 Å². The summed E-state index contributed by atoms with van der Waals surface area (Å²) in [6.07, 6.45) is 5.20. The minimum absolute atomic E-state index is 0.579. The van der Waals surface area contributed by atoms with Crippen LogP contribution in [0.15, 0.2) is 91.5 Å². The largest absolute Gasteiger partial charge is 0.366 e. The molecular formula is C28H24N6. The highest BCUT2D eigenvalue weighted by atomic mass is 15.0. The zero-order valence-electron chi connectivity index (χ0n) is 19.1. The van der Waals surface area contributed by atoms with E-state index < -0.39 is 0 Å². The minimum Gasteiger partial charge on any atom is -0.366 e. The molecule has 0 aliphatic heterocycles. The smallest absolute Gasteiger partial charge is 0.128 e. The molecule has 6 heteroatoms. The lowest BCUT2D eigenvalue weighted by Crippen LogP contribution is -2.01. The highest BCUT2D eigenvalue weighted by molar-refractivity contribution is 5.65. The first kappa shape index (κ1) is 22.6. The van der Waals surface area contributed by atoms with Crippen LogP contribution in [0.2, 0.25) is 0 Å². The number of nitriles is 1. The number of anilines is 1. The van der Waals surface area contributed by atoms with Crippen LogP contribution >= 0.6 is 0 Å². The van der Waals surface area contributed by atoms with E-state index in [1.807, 2.05) is 80.7 Å². The summed E-state index contributed by atoms with van der Waals surface area (Å²) >= 11 is 0. The second-order valence-electron chi connectivity index (χ2n) is 7.81. The van der Waals surface area contributed by atoms with Gasteiger partial charge in [0.05, 0.1) is 17.3 Å². The predicted molar refractivity (Wildman–Crippen MR) is 134 cm³/mol. The summed E-state index contributed by atoms with van der Waals surface area (Å²) in [7, 11) is 0. The van der Waals surface area contributed by atoms with Crippen molar-refractivity contribution in [3.05, 3.63) is 114 Å². The molecule has 6 nitrogen and oxygen atoms in total. The highest BCUT2D eigenvalue weighted by Gasteiger charge is 2.02. The third kappa shape index (κ3) is 5.99. The normalized spacial score (nSPS) is 10.1. The molecule has 0 spiro atoms. The molecule has 0 saturated heterocycles. The van der Waals surface area contributed by atoms with Crippen LogP contribution in [0.5, 0.6) is 0 Å². The first-order chi connectivity index (χ1) is 16.6. The monoisotopic (exact) mass is 444 g/mol. The molecule has 0 unspecified atom stereocenters. The van der Waals surface area contributed by atoms with E-state index in [0.717, 1.165) is 39.3 Å². The molecular weight excluding hydrogens is 420 g/mol. The Morgan fingerprint density at radius 3 is 2.29 bits per heavy atom. The van der Waals surface area contributed by atoms with Crippen LogP contribution in [0.3, 0.4) is 0 Å². The van der Waals surface area contributed by atoms with Gasteiger partial charge in [0, 0.05) is 35.9 Å². The van der Waals surface area contributed by atoms with Gasteiger partial charge in [-0.3, -0.25) is 9.97 Å². The van der Waals surface area contributed by atoms with Gasteiger partial charge in [0.1, 0.15) is 12.1 Å². The van der Waals surface area contributed by atoms with Gasteiger partial charge >= 0.3 is 0 Å². The summed E-state index contributed by atoms with van der Waals surface area (Å²) < 4.78 is 0. The molecule has 34 heavy (non-hydrogen) atoms. The van der Waals surface area contributed by atoms with Crippen molar-refractivity contribution in [3.8, 4) is 28.5 Å². The van der Waals surface area contributed by atoms with Crippen LogP contribution in [0.4, 0.5) is 5.82 Å². The van der Waals surface area contributed by atoms with E-state index in [-0.39, 0.29) is 0 Å². The fourth-order valence-corrected chi connectivity index (χ4v) is 3.43. The van der Waals surface area contributed by atoms with E-state index in [1.165, 1.54) is 0 Å². The lowest BCUT2D eigenvalue weighted by Gasteiger charge is -2.06. The zero-order chi connectivity index (χ0) is 23.8. The maximum Gasteiger partial charge on any atom is 0.128 e.